The minimum Gasteiger partial charge on any atom is -0.510 e. The van der Waals surface area contributed by atoms with Crippen LogP contribution in [0.5, 0.6) is 11.5 Å². The molecule has 0 saturated heterocycles. The zero-order chi connectivity index (χ0) is 63.1. The van der Waals surface area contributed by atoms with Gasteiger partial charge in [-0.1, -0.05) is 182 Å². The number of fused-ring (bicyclic) bond motifs is 7. The molecule has 0 aliphatic rings. The molecule has 0 saturated carbocycles. The average Bonchev–Trinajstić information content (AvgIpc) is 1.52. The van der Waals surface area contributed by atoms with Crippen LogP contribution >= 0.6 is 0 Å². The van der Waals surface area contributed by atoms with E-state index in [0.717, 1.165) is 18.4 Å². The zero-order valence-electron chi connectivity index (χ0n) is 56.3. The van der Waals surface area contributed by atoms with Gasteiger partial charge in [-0.15, -0.1) is 24.3 Å². The van der Waals surface area contributed by atoms with Crippen molar-refractivity contribution in [1.29, 1.82) is 0 Å². The molecule has 0 amide bonds. The summed E-state index contributed by atoms with van der Waals surface area (Å²) in [5.74, 6) is 0.847. The van der Waals surface area contributed by atoms with E-state index >= 15 is 0 Å². The van der Waals surface area contributed by atoms with E-state index in [9.17, 15) is 5.48 Å². The van der Waals surface area contributed by atoms with Crippen LogP contribution < -0.4 is 9.30 Å². The standard InChI is InChI=1S/C65H47N5O.Pt/c1-3-44(4-2)47-37-38-66-63(39-47)70-58-34-16-13-29-55(58)64-61(69-56-32-14-11-27-53(56)54-28-12-15-33-57(54)69)41-50(42-62(64)70)71-49-26-19-25-48(40-49)67-43-68(60-36-18-17-35-59(60)67)65-51(45-21-7-5-8-22-45)30-20-31-52(65)46-23-9-6-10-24-46;/h5-39,41,44H,3-4H2,1-2H3;/q-2;/i5D,6D,7D,8D,9D,10D,11D,12D,14D,15D,21D,22D,23D,24D,27D,28D,32D,33D;. The first-order valence-electron chi connectivity index (χ1n) is 32.0. The van der Waals surface area contributed by atoms with Gasteiger partial charge in [0.25, 0.3) is 6.33 Å². The second kappa shape index (κ2) is 18.8. The third kappa shape index (κ3) is 7.53. The van der Waals surface area contributed by atoms with Gasteiger partial charge >= 0.3 is 0 Å². The van der Waals surface area contributed by atoms with Crippen LogP contribution in [0, 0.1) is 18.5 Å². The van der Waals surface area contributed by atoms with Crippen molar-refractivity contribution >= 4 is 54.6 Å². The summed E-state index contributed by atoms with van der Waals surface area (Å²) in [6.45, 7) is 4.23. The van der Waals surface area contributed by atoms with Crippen molar-refractivity contribution in [2.45, 2.75) is 32.6 Å². The predicted octanol–water partition coefficient (Wildman–Crippen LogP) is 15.9. The summed E-state index contributed by atoms with van der Waals surface area (Å²) in [5.41, 5.74) is 3.04. The molecular weight excluding hydrogens is 1060 g/mol. The molecule has 0 aliphatic heterocycles. The molecule has 0 spiro atoms. The minimum absolute atomic E-state index is 0. The Balaban J connectivity index is 0.00000785. The van der Waals surface area contributed by atoms with Gasteiger partial charge in [0.15, 0.2) is 0 Å². The number of nitrogens with zero attached hydrogens (tertiary/aromatic N) is 5. The Morgan fingerprint density at radius 2 is 1.21 bits per heavy atom. The average molecular weight is 1130 g/mol. The van der Waals surface area contributed by atoms with E-state index < -0.39 is 109 Å². The monoisotopic (exact) mass is 1130 g/mol. The summed E-state index contributed by atoms with van der Waals surface area (Å²) in [6, 6.07) is 26.3. The van der Waals surface area contributed by atoms with Crippen molar-refractivity contribution in [1.82, 2.24) is 18.7 Å². The molecule has 0 atom stereocenters. The second-order valence-corrected chi connectivity index (χ2v) is 16.8. The number of aromatic nitrogens is 5. The first-order chi connectivity index (χ1) is 42.6. The molecule has 0 N–H and O–H groups in total. The number of para-hydroxylation sites is 6. The van der Waals surface area contributed by atoms with Crippen molar-refractivity contribution in [3.63, 3.8) is 0 Å². The van der Waals surface area contributed by atoms with Crippen LogP contribution in [0.2, 0.25) is 0 Å². The van der Waals surface area contributed by atoms with Gasteiger partial charge in [0.05, 0.1) is 52.4 Å². The van der Waals surface area contributed by atoms with Crippen LogP contribution in [0.3, 0.4) is 0 Å². The van der Waals surface area contributed by atoms with Gasteiger partial charge in [0, 0.05) is 55.1 Å². The Morgan fingerprint density at radius 1 is 0.583 bits per heavy atom. The summed E-state index contributed by atoms with van der Waals surface area (Å²) in [6.07, 6.45) is 6.83. The van der Waals surface area contributed by atoms with E-state index in [0.29, 0.717) is 44.3 Å². The van der Waals surface area contributed by atoms with Gasteiger partial charge in [-0.2, -0.15) is 12.1 Å². The number of imidazole rings is 1. The van der Waals surface area contributed by atoms with Crippen LogP contribution in [-0.2, 0) is 21.1 Å². The van der Waals surface area contributed by atoms with Crippen molar-refractivity contribution in [2.75, 3.05) is 0 Å². The molecule has 0 radical (unpaired) electrons. The largest absolute Gasteiger partial charge is 0.510 e. The van der Waals surface area contributed by atoms with Crippen molar-refractivity contribution < 1.29 is 55.0 Å². The molecule has 0 fully saturated rings. The fourth-order valence-corrected chi connectivity index (χ4v) is 9.77. The number of pyridine rings is 1. The van der Waals surface area contributed by atoms with Gasteiger partial charge in [-0.25, -0.2) is 4.98 Å². The maximum Gasteiger partial charge on any atom is 0.268 e. The molecule has 0 bridgehead atoms. The van der Waals surface area contributed by atoms with E-state index in [4.69, 9.17) is 28.9 Å². The SMILES string of the molecule is [2H]c1c([2H])c([2H])c(-c2cccc(-c3c([2H])c([2H])c([2H])c([2H])c3[2H])c2-[n+]2[c-]n(-c3[c-]c(Oc4[c-]c5c(c(-n6c7c([2H])c([2H])c([2H])c([2H])c7c7c([2H])c([2H])c([2H])c([2H])c76)c4)c4ccccc4n5-c4cc(C(CC)CC)ccn4)ccc3)c3ccccc32)c([2H])c1[2H].[Pt]. The second-order valence-electron chi connectivity index (χ2n) is 16.8. The van der Waals surface area contributed by atoms with E-state index in [-0.39, 0.29) is 93.9 Å². The molecule has 7 heteroatoms. The van der Waals surface area contributed by atoms with Gasteiger partial charge in [-0.3, -0.25) is 4.57 Å². The molecule has 0 unspecified atom stereocenters. The fourth-order valence-electron chi connectivity index (χ4n) is 9.77. The summed E-state index contributed by atoms with van der Waals surface area (Å²) >= 11 is 0. The smallest absolute Gasteiger partial charge is 0.268 e. The molecule has 9 aromatic carbocycles. The quantitative estimate of drug-likeness (QED) is 0.0957. The summed E-state index contributed by atoms with van der Waals surface area (Å²) in [4.78, 5) is 4.91. The molecule has 13 rings (SSSR count). The molecular formula is C65H47N5OPt-2. The topological polar surface area (TPSA) is 40.8 Å². The molecule has 13 aromatic rings. The number of rotatable bonds is 11. The van der Waals surface area contributed by atoms with Crippen LogP contribution in [0.25, 0.3) is 99.8 Å². The fraction of sp³-hybridized carbons (Fsp3) is 0.0769. The van der Waals surface area contributed by atoms with Gasteiger partial charge < -0.3 is 18.4 Å². The van der Waals surface area contributed by atoms with Gasteiger partial charge in [0.1, 0.15) is 5.82 Å². The number of benzene rings is 9. The van der Waals surface area contributed by atoms with Crippen molar-refractivity contribution in [3.05, 3.63) is 242 Å². The van der Waals surface area contributed by atoms with Crippen molar-refractivity contribution in [2.24, 2.45) is 0 Å². The summed E-state index contributed by atoms with van der Waals surface area (Å²) in [7, 11) is 0. The Hall–Kier alpha value is -8.31. The Morgan fingerprint density at radius 3 is 1.90 bits per heavy atom. The van der Waals surface area contributed by atoms with Gasteiger partial charge in [0.2, 0.25) is 0 Å². The maximum atomic E-state index is 9.49. The van der Waals surface area contributed by atoms with E-state index in [1.54, 1.807) is 59.3 Å². The van der Waals surface area contributed by atoms with Crippen molar-refractivity contribution in [3.8, 4) is 56.6 Å². The minimum atomic E-state index is -0.630. The molecule has 6 nitrogen and oxygen atoms in total. The normalized spacial score (nSPS) is 15.1. The Kier molecular flexibility index (Phi) is 7.60. The maximum absolute atomic E-state index is 9.49. The van der Waals surface area contributed by atoms with Crippen LogP contribution in [-0.4, -0.2) is 18.7 Å². The molecule has 72 heavy (non-hydrogen) atoms. The zero-order valence-corrected chi connectivity index (χ0v) is 40.6. The van der Waals surface area contributed by atoms with Crippen LogP contribution in [0.4, 0.5) is 0 Å². The predicted molar refractivity (Wildman–Crippen MR) is 288 cm³/mol. The third-order valence-corrected chi connectivity index (χ3v) is 12.9. The summed E-state index contributed by atoms with van der Waals surface area (Å²) in [5, 5.41) is 0.888. The Labute approximate surface area is 458 Å². The number of hydrogen-bond donors (Lipinski definition) is 0. The van der Waals surface area contributed by atoms with Gasteiger partial charge in [-0.05, 0) is 93.6 Å². The molecule has 4 aromatic heterocycles. The number of ether oxygens (including phenoxy) is 1. The molecule has 4 heterocycles. The summed E-state index contributed by atoms with van der Waals surface area (Å²) < 4.78 is 174. The van der Waals surface area contributed by atoms with E-state index in [2.05, 4.69) is 32.3 Å². The Bertz CT molecular complexity index is 5010. The first kappa shape index (κ1) is 29.1. The number of hydrogen-bond acceptors (Lipinski definition) is 2. The van der Waals surface area contributed by atoms with E-state index in [1.807, 2.05) is 41.0 Å². The molecule has 350 valence electrons. The first-order valence-corrected chi connectivity index (χ1v) is 23.0. The van der Waals surface area contributed by atoms with Crippen LogP contribution in [0.1, 0.15) is 62.8 Å². The third-order valence-electron chi connectivity index (χ3n) is 12.9. The van der Waals surface area contributed by atoms with E-state index in [1.165, 1.54) is 27.3 Å². The van der Waals surface area contributed by atoms with Crippen LogP contribution in [0.15, 0.2) is 218 Å². The molecule has 0 aliphatic carbocycles.